The van der Waals surface area contributed by atoms with Crippen LogP contribution in [-0.2, 0) is 4.79 Å². The summed E-state index contributed by atoms with van der Waals surface area (Å²) >= 11 is 0. The molecule has 5 heteroatoms. The zero-order valence-corrected chi connectivity index (χ0v) is 20.7. The number of rotatable bonds is 6. The van der Waals surface area contributed by atoms with Crippen molar-refractivity contribution >= 4 is 16.9 Å². The molecule has 33 heavy (non-hydrogen) atoms. The Kier molecular flexibility index (Phi) is 7.01. The average molecular weight is 451 g/mol. The number of hydrogen-bond acceptors (Lipinski definition) is 5. The van der Waals surface area contributed by atoms with E-state index in [4.69, 9.17) is 13.9 Å². The number of carbonyl (C=O) groups is 1. The van der Waals surface area contributed by atoms with E-state index >= 15 is 0 Å². The fraction of sp³-hybridized carbons (Fsp3) is 0.429. The third-order valence-electron chi connectivity index (χ3n) is 5.65. The Morgan fingerprint density at radius 1 is 0.939 bits per heavy atom. The molecule has 1 unspecified atom stereocenters. The molecule has 0 saturated carbocycles. The maximum absolute atomic E-state index is 12.3. The Labute approximate surface area is 195 Å². The van der Waals surface area contributed by atoms with Gasteiger partial charge in [-0.2, -0.15) is 0 Å². The highest BCUT2D eigenvalue weighted by Gasteiger charge is 2.30. The van der Waals surface area contributed by atoms with Gasteiger partial charge in [-0.25, -0.2) is 9.59 Å². The van der Waals surface area contributed by atoms with Gasteiger partial charge in [0.05, 0.1) is 0 Å². The number of fused-ring (bicyclic) bond motifs is 1. The van der Waals surface area contributed by atoms with Crippen LogP contribution in [0.4, 0.5) is 0 Å². The summed E-state index contributed by atoms with van der Waals surface area (Å²) in [6, 6.07) is 14.3. The second-order valence-corrected chi connectivity index (χ2v) is 10.9. The molecule has 0 aliphatic rings. The van der Waals surface area contributed by atoms with E-state index in [1.165, 1.54) is 11.6 Å². The average Bonchev–Trinajstić information content (AvgIpc) is 2.70. The molecule has 2 aromatic carbocycles. The smallest absolute Gasteiger partial charge is 0.349 e. The lowest BCUT2D eigenvalue weighted by Gasteiger charge is -2.36. The van der Waals surface area contributed by atoms with Crippen LogP contribution in [0.25, 0.3) is 11.0 Å². The molecule has 0 radical (unpaired) electrons. The first-order chi connectivity index (χ1) is 15.3. The van der Waals surface area contributed by atoms with E-state index in [-0.39, 0.29) is 17.4 Å². The molecule has 0 amide bonds. The summed E-state index contributed by atoms with van der Waals surface area (Å²) in [5.74, 6) is 0.904. The lowest BCUT2D eigenvalue weighted by atomic mass is 9.69. The Morgan fingerprint density at radius 2 is 1.58 bits per heavy atom. The van der Waals surface area contributed by atoms with E-state index in [1.807, 2.05) is 31.2 Å². The van der Waals surface area contributed by atoms with Gasteiger partial charge in [-0.3, -0.25) is 0 Å². The van der Waals surface area contributed by atoms with Crippen LogP contribution in [0.15, 0.2) is 57.7 Å². The zero-order valence-electron chi connectivity index (χ0n) is 20.7. The zero-order chi connectivity index (χ0) is 24.4. The number of esters is 1. The van der Waals surface area contributed by atoms with Gasteiger partial charge in [-0.1, -0.05) is 53.7 Å². The molecule has 0 N–H and O–H groups in total. The Morgan fingerprint density at radius 3 is 2.18 bits per heavy atom. The lowest BCUT2D eigenvalue weighted by Crippen LogP contribution is -2.23. The van der Waals surface area contributed by atoms with Crippen LogP contribution >= 0.6 is 0 Å². The summed E-state index contributed by atoms with van der Waals surface area (Å²) in [5, 5.41) is 0.764. The normalized spacial score (nSPS) is 13.1. The summed E-state index contributed by atoms with van der Waals surface area (Å²) in [6.07, 6.45) is 1.07. The van der Waals surface area contributed by atoms with Crippen LogP contribution in [0.3, 0.4) is 0 Å². The molecule has 1 aromatic heterocycles. The predicted molar refractivity (Wildman–Crippen MR) is 131 cm³/mol. The summed E-state index contributed by atoms with van der Waals surface area (Å²) in [5.41, 5.74) is 2.46. The Hall–Kier alpha value is -3.08. The van der Waals surface area contributed by atoms with Gasteiger partial charge in [0.2, 0.25) is 0 Å². The Balaban J connectivity index is 1.64. The maximum atomic E-state index is 12.3. The summed E-state index contributed by atoms with van der Waals surface area (Å²) < 4.78 is 16.2. The van der Waals surface area contributed by atoms with Crippen molar-refractivity contribution in [1.82, 2.24) is 0 Å². The van der Waals surface area contributed by atoms with E-state index in [9.17, 15) is 9.59 Å². The molecule has 5 nitrogen and oxygen atoms in total. The predicted octanol–water partition coefficient (Wildman–Crippen LogP) is 6.65. The van der Waals surface area contributed by atoms with E-state index in [0.717, 1.165) is 17.4 Å². The van der Waals surface area contributed by atoms with Crippen molar-refractivity contribution in [2.75, 3.05) is 6.61 Å². The van der Waals surface area contributed by atoms with Gasteiger partial charge in [-0.05, 0) is 71.6 Å². The van der Waals surface area contributed by atoms with E-state index in [2.05, 4.69) is 41.5 Å². The molecule has 1 heterocycles. The summed E-state index contributed by atoms with van der Waals surface area (Å²) in [6.45, 7) is 15.2. The van der Waals surface area contributed by atoms with E-state index in [1.54, 1.807) is 18.2 Å². The van der Waals surface area contributed by atoms with Gasteiger partial charge < -0.3 is 13.9 Å². The van der Waals surface area contributed by atoms with Gasteiger partial charge >= 0.3 is 11.6 Å². The van der Waals surface area contributed by atoms with Crippen molar-refractivity contribution in [3.8, 4) is 11.5 Å². The van der Waals surface area contributed by atoms with Crippen LogP contribution in [0.5, 0.6) is 11.5 Å². The third-order valence-corrected chi connectivity index (χ3v) is 5.65. The van der Waals surface area contributed by atoms with Crippen LogP contribution in [0.1, 0.15) is 65.0 Å². The first kappa shape index (κ1) is 24.6. The fourth-order valence-electron chi connectivity index (χ4n) is 4.00. The van der Waals surface area contributed by atoms with Crippen molar-refractivity contribution in [1.29, 1.82) is 0 Å². The highest BCUT2D eigenvalue weighted by atomic mass is 16.6. The first-order valence-corrected chi connectivity index (χ1v) is 11.3. The highest BCUT2D eigenvalue weighted by Crippen LogP contribution is 2.43. The highest BCUT2D eigenvalue weighted by molar-refractivity contribution is 5.81. The number of carbonyl (C=O) groups excluding carboxylic acids is 1. The molecular weight excluding hydrogens is 416 g/mol. The standard InChI is InChI=1S/C28H34O5/c1-18-14-25(29)33-24-13-12-21(15-22(18)24)31-17-26(30)32-20-10-8-19(9-11-20)23(28(5,6)7)16-27(2,3)4/h8-15,23H,16-17H2,1-7H3. The number of ether oxygens (including phenoxy) is 2. The van der Waals surface area contributed by atoms with Crippen LogP contribution in [-0.4, -0.2) is 12.6 Å². The number of hydrogen-bond donors (Lipinski definition) is 0. The second kappa shape index (κ2) is 9.42. The molecule has 3 aromatic rings. The third kappa shape index (κ3) is 6.70. The minimum Gasteiger partial charge on any atom is -0.482 e. The largest absolute Gasteiger partial charge is 0.482 e. The summed E-state index contributed by atoms with van der Waals surface area (Å²) in [7, 11) is 0. The monoisotopic (exact) mass is 450 g/mol. The maximum Gasteiger partial charge on any atom is 0.349 e. The lowest BCUT2D eigenvalue weighted by molar-refractivity contribution is -0.136. The minimum absolute atomic E-state index is 0.125. The Bertz CT molecular complexity index is 1170. The van der Waals surface area contributed by atoms with Crippen LogP contribution in [0, 0.1) is 17.8 Å². The van der Waals surface area contributed by atoms with Crippen molar-refractivity contribution < 1.29 is 18.7 Å². The summed E-state index contributed by atoms with van der Waals surface area (Å²) in [4.78, 5) is 23.8. The van der Waals surface area contributed by atoms with Crippen molar-refractivity contribution in [2.24, 2.45) is 10.8 Å². The molecule has 0 saturated heterocycles. The van der Waals surface area contributed by atoms with Gasteiger partial charge in [0.1, 0.15) is 17.1 Å². The molecule has 0 spiro atoms. The SMILES string of the molecule is Cc1cc(=O)oc2ccc(OCC(=O)Oc3ccc(C(CC(C)(C)C)C(C)(C)C)cc3)cc12. The molecule has 0 aliphatic carbocycles. The molecule has 0 aliphatic heterocycles. The molecule has 0 bridgehead atoms. The topological polar surface area (TPSA) is 65.7 Å². The second-order valence-electron chi connectivity index (χ2n) is 10.9. The van der Waals surface area contributed by atoms with E-state index < -0.39 is 11.6 Å². The van der Waals surface area contributed by atoms with Gasteiger partial charge in [0.25, 0.3) is 0 Å². The molecule has 176 valence electrons. The van der Waals surface area contributed by atoms with Crippen LogP contribution in [0.2, 0.25) is 0 Å². The van der Waals surface area contributed by atoms with Crippen molar-refractivity contribution in [3.05, 3.63) is 70.1 Å². The number of benzene rings is 2. The molecule has 0 fully saturated rings. The van der Waals surface area contributed by atoms with Crippen molar-refractivity contribution in [3.63, 3.8) is 0 Å². The quantitative estimate of drug-likeness (QED) is 0.239. The fourth-order valence-corrected chi connectivity index (χ4v) is 4.00. The van der Waals surface area contributed by atoms with Crippen LogP contribution < -0.4 is 15.1 Å². The first-order valence-electron chi connectivity index (χ1n) is 11.3. The molecule has 3 rings (SSSR count). The number of aryl methyl sites for hydroxylation is 1. The van der Waals surface area contributed by atoms with Gasteiger partial charge in [0.15, 0.2) is 6.61 Å². The molecule has 1 atom stereocenters. The van der Waals surface area contributed by atoms with E-state index in [0.29, 0.717) is 23.0 Å². The van der Waals surface area contributed by atoms with Gasteiger partial charge in [-0.15, -0.1) is 0 Å². The molecular formula is C28H34O5. The minimum atomic E-state index is -0.485. The van der Waals surface area contributed by atoms with Crippen molar-refractivity contribution in [2.45, 2.75) is 60.8 Å². The van der Waals surface area contributed by atoms with Gasteiger partial charge in [0, 0.05) is 11.5 Å².